The average Bonchev–Trinajstić information content (AvgIpc) is 2.70. The highest BCUT2D eigenvalue weighted by molar-refractivity contribution is 6.31. The maximum absolute atomic E-state index is 5.97. The van der Waals surface area contributed by atoms with Crippen LogP contribution in [-0.2, 0) is 0 Å². The molecular formula is C14H17ClN2O. The molecule has 0 spiro atoms. The lowest BCUT2D eigenvalue weighted by atomic mass is 9.77. The molecule has 0 radical (unpaired) electrons. The Bertz CT molecular complexity index is 576. The van der Waals surface area contributed by atoms with Crippen LogP contribution in [0.4, 0.5) is 0 Å². The summed E-state index contributed by atoms with van der Waals surface area (Å²) in [6, 6.07) is 5.75. The standard InChI is InChI=1S/C14H17ClN2O/c1-14(2)6-3-7-16-12(14)13-17-10-5-4-9(15)8-11(10)18-13/h4-5,8,12,16H,3,6-7H2,1-2H3. The normalized spacial score (nSPS) is 23.4. The number of nitrogens with one attached hydrogen (secondary N) is 1. The number of hydrogen-bond acceptors (Lipinski definition) is 3. The Balaban J connectivity index is 2.03. The maximum Gasteiger partial charge on any atom is 0.213 e. The Kier molecular flexibility index (Phi) is 2.83. The molecule has 1 saturated heterocycles. The van der Waals surface area contributed by atoms with Crippen LogP contribution in [0.15, 0.2) is 22.6 Å². The summed E-state index contributed by atoms with van der Waals surface area (Å²) < 4.78 is 5.87. The van der Waals surface area contributed by atoms with Gasteiger partial charge in [0.15, 0.2) is 5.58 Å². The number of nitrogens with zero attached hydrogens (tertiary/aromatic N) is 1. The second kappa shape index (κ2) is 4.25. The zero-order valence-electron chi connectivity index (χ0n) is 10.7. The lowest BCUT2D eigenvalue weighted by molar-refractivity contribution is 0.157. The molecule has 1 atom stereocenters. The molecule has 96 valence electrons. The van der Waals surface area contributed by atoms with Gasteiger partial charge in [0.25, 0.3) is 0 Å². The van der Waals surface area contributed by atoms with E-state index >= 15 is 0 Å². The fourth-order valence-electron chi connectivity index (χ4n) is 2.67. The van der Waals surface area contributed by atoms with Crippen LogP contribution in [0.5, 0.6) is 0 Å². The van der Waals surface area contributed by atoms with Crippen LogP contribution in [0.2, 0.25) is 5.02 Å². The first kappa shape index (κ1) is 12.0. The SMILES string of the molecule is CC1(C)CCCNC1c1nc2ccc(Cl)cc2o1. The van der Waals surface area contributed by atoms with E-state index in [1.807, 2.05) is 18.2 Å². The van der Waals surface area contributed by atoms with Crippen molar-refractivity contribution in [1.82, 2.24) is 10.3 Å². The molecule has 1 aliphatic heterocycles. The summed E-state index contributed by atoms with van der Waals surface area (Å²) in [7, 11) is 0. The monoisotopic (exact) mass is 264 g/mol. The van der Waals surface area contributed by atoms with Gasteiger partial charge in [0.2, 0.25) is 5.89 Å². The molecule has 1 unspecified atom stereocenters. The van der Waals surface area contributed by atoms with Crippen LogP contribution in [0.1, 0.15) is 38.6 Å². The predicted molar refractivity (Wildman–Crippen MR) is 72.8 cm³/mol. The summed E-state index contributed by atoms with van der Waals surface area (Å²) in [6.07, 6.45) is 2.39. The Morgan fingerprint density at radius 1 is 1.44 bits per heavy atom. The quantitative estimate of drug-likeness (QED) is 0.848. The van der Waals surface area contributed by atoms with Gasteiger partial charge in [-0.1, -0.05) is 25.4 Å². The van der Waals surface area contributed by atoms with E-state index in [1.165, 1.54) is 12.8 Å². The second-order valence-corrected chi connectivity index (χ2v) is 6.08. The number of fused-ring (bicyclic) bond motifs is 1. The number of benzene rings is 1. The third kappa shape index (κ3) is 2.02. The van der Waals surface area contributed by atoms with Crippen LogP contribution >= 0.6 is 11.6 Å². The fourth-order valence-corrected chi connectivity index (χ4v) is 2.83. The number of aromatic nitrogens is 1. The van der Waals surface area contributed by atoms with Gasteiger partial charge in [-0.2, -0.15) is 0 Å². The molecule has 3 rings (SSSR count). The van der Waals surface area contributed by atoms with Gasteiger partial charge < -0.3 is 9.73 Å². The smallest absolute Gasteiger partial charge is 0.213 e. The first-order valence-corrected chi connectivity index (χ1v) is 6.73. The van der Waals surface area contributed by atoms with Gasteiger partial charge in [0.05, 0.1) is 6.04 Å². The van der Waals surface area contributed by atoms with E-state index in [9.17, 15) is 0 Å². The van der Waals surface area contributed by atoms with Crippen LogP contribution in [0.3, 0.4) is 0 Å². The molecule has 1 aromatic carbocycles. The zero-order chi connectivity index (χ0) is 12.8. The maximum atomic E-state index is 5.97. The highest BCUT2D eigenvalue weighted by atomic mass is 35.5. The largest absolute Gasteiger partial charge is 0.439 e. The molecule has 4 heteroatoms. The van der Waals surface area contributed by atoms with Crippen molar-refractivity contribution in [3.8, 4) is 0 Å². The van der Waals surface area contributed by atoms with Gasteiger partial charge in [0, 0.05) is 11.1 Å². The summed E-state index contributed by atoms with van der Waals surface area (Å²) in [5, 5.41) is 4.19. The van der Waals surface area contributed by atoms with Gasteiger partial charge in [0.1, 0.15) is 5.52 Å². The molecule has 0 saturated carbocycles. The van der Waals surface area contributed by atoms with Crippen molar-refractivity contribution < 1.29 is 4.42 Å². The number of hydrogen-bond donors (Lipinski definition) is 1. The van der Waals surface area contributed by atoms with Gasteiger partial charge in [-0.3, -0.25) is 0 Å². The summed E-state index contributed by atoms with van der Waals surface area (Å²) in [4.78, 5) is 4.59. The Morgan fingerprint density at radius 3 is 3.06 bits per heavy atom. The van der Waals surface area contributed by atoms with Crippen LogP contribution in [0, 0.1) is 5.41 Å². The highest BCUT2D eigenvalue weighted by Gasteiger charge is 2.36. The highest BCUT2D eigenvalue weighted by Crippen LogP contribution is 2.40. The van der Waals surface area contributed by atoms with Crippen molar-refractivity contribution in [3.63, 3.8) is 0 Å². The molecule has 1 aromatic heterocycles. The third-order valence-electron chi connectivity index (χ3n) is 3.74. The van der Waals surface area contributed by atoms with E-state index in [0.29, 0.717) is 5.02 Å². The van der Waals surface area contributed by atoms with Gasteiger partial charge >= 0.3 is 0 Å². The third-order valence-corrected chi connectivity index (χ3v) is 3.98. The van der Waals surface area contributed by atoms with E-state index in [0.717, 1.165) is 23.5 Å². The molecule has 1 N–H and O–H groups in total. The molecule has 0 aliphatic carbocycles. The Labute approximate surface area is 112 Å². The molecule has 2 heterocycles. The zero-order valence-corrected chi connectivity index (χ0v) is 11.4. The lowest BCUT2D eigenvalue weighted by Crippen LogP contribution is -2.39. The topological polar surface area (TPSA) is 38.1 Å². The lowest BCUT2D eigenvalue weighted by Gasteiger charge is -2.37. The molecule has 0 amide bonds. The predicted octanol–water partition coefficient (Wildman–Crippen LogP) is 3.93. The van der Waals surface area contributed by atoms with Crippen molar-refractivity contribution in [1.29, 1.82) is 0 Å². The average molecular weight is 265 g/mol. The first-order valence-electron chi connectivity index (χ1n) is 6.36. The van der Waals surface area contributed by atoms with Crippen LogP contribution in [-0.4, -0.2) is 11.5 Å². The summed E-state index contributed by atoms with van der Waals surface area (Å²) >= 11 is 5.97. The molecule has 3 nitrogen and oxygen atoms in total. The molecule has 18 heavy (non-hydrogen) atoms. The number of rotatable bonds is 1. The molecular weight excluding hydrogens is 248 g/mol. The van der Waals surface area contributed by atoms with E-state index in [1.54, 1.807) is 0 Å². The Morgan fingerprint density at radius 2 is 2.28 bits per heavy atom. The fraction of sp³-hybridized carbons (Fsp3) is 0.500. The minimum atomic E-state index is 0.170. The van der Waals surface area contributed by atoms with E-state index in [-0.39, 0.29) is 11.5 Å². The molecule has 1 fully saturated rings. The van der Waals surface area contributed by atoms with Crippen molar-refractivity contribution in [2.45, 2.75) is 32.7 Å². The van der Waals surface area contributed by atoms with Crippen molar-refractivity contribution >= 4 is 22.7 Å². The number of halogens is 1. The number of piperidine rings is 1. The van der Waals surface area contributed by atoms with Gasteiger partial charge in [-0.15, -0.1) is 0 Å². The van der Waals surface area contributed by atoms with Crippen LogP contribution in [0.25, 0.3) is 11.1 Å². The van der Waals surface area contributed by atoms with Crippen molar-refractivity contribution in [3.05, 3.63) is 29.1 Å². The van der Waals surface area contributed by atoms with Crippen molar-refractivity contribution in [2.24, 2.45) is 5.41 Å². The summed E-state index contributed by atoms with van der Waals surface area (Å²) in [6.45, 7) is 5.53. The van der Waals surface area contributed by atoms with E-state index < -0.39 is 0 Å². The first-order chi connectivity index (χ1) is 8.56. The van der Waals surface area contributed by atoms with E-state index in [4.69, 9.17) is 16.0 Å². The minimum absolute atomic E-state index is 0.170. The summed E-state index contributed by atoms with van der Waals surface area (Å²) in [5.41, 5.74) is 1.81. The molecule has 2 aromatic rings. The van der Waals surface area contributed by atoms with Crippen LogP contribution < -0.4 is 5.32 Å². The second-order valence-electron chi connectivity index (χ2n) is 5.64. The Hall–Kier alpha value is -1.06. The summed E-state index contributed by atoms with van der Waals surface area (Å²) in [5.74, 6) is 0.775. The minimum Gasteiger partial charge on any atom is -0.439 e. The molecule has 0 bridgehead atoms. The van der Waals surface area contributed by atoms with Crippen molar-refractivity contribution in [2.75, 3.05) is 6.54 Å². The van der Waals surface area contributed by atoms with E-state index in [2.05, 4.69) is 24.1 Å². The van der Waals surface area contributed by atoms with Gasteiger partial charge in [-0.25, -0.2) is 4.98 Å². The van der Waals surface area contributed by atoms with Gasteiger partial charge in [-0.05, 0) is 36.9 Å². The molecule has 1 aliphatic rings. The number of oxazole rings is 1.